The van der Waals surface area contributed by atoms with Crippen molar-refractivity contribution in [2.24, 2.45) is 5.92 Å². The number of aromatic amines is 1. The summed E-state index contributed by atoms with van der Waals surface area (Å²) < 4.78 is 0. The van der Waals surface area contributed by atoms with E-state index in [1.165, 1.54) is 0 Å². The Balaban J connectivity index is 1.42. The van der Waals surface area contributed by atoms with Gasteiger partial charge < -0.3 is 15.0 Å². The predicted octanol–water partition coefficient (Wildman–Crippen LogP) is 3.05. The number of piperidine rings is 1. The third-order valence-electron chi connectivity index (χ3n) is 6.23. The first-order valence-corrected chi connectivity index (χ1v) is 10.4. The molecule has 1 amide bonds. The van der Waals surface area contributed by atoms with Gasteiger partial charge in [-0.2, -0.15) is 0 Å². The Kier molecular flexibility index (Phi) is 5.51. The molecule has 152 valence electrons. The summed E-state index contributed by atoms with van der Waals surface area (Å²) in [5, 5.41) is 9.36. The number of carbonyl (C=O) groups excluding carboxylic acids is 1. The molecule has 0 radical (unpaired) electrons. The zero-order valence-electron chi connectivity index (χ0n) is 16.4. The Labute approximate surface area is 169 Å². The molecule has 2 aliphatic rings. The van der Waals surface area contributed by atoms with Crippen molar-refractivity contribution < 1.29 is 14.7 Å². The van der Waals surface area contributed by atoms with Crippen molar-refractivity contribution in [3.05, 3.63) is 68.6 Å². The minimum atomic E-state index is -0.903. The van der Waals surface area contributed by atoms with E-state index in [-0.39, 0.29) is 17.0 Å². The number of nitrogens with one attached hydrogen (secondary N) is 1. The van der Waals surface area contributed by atoms with Crippen LogP contribution in [0.15, 0.2) is 35.1 Å². The number of nitrogens with zero attached hydrogens (tertiary/aromatic N) is 1. The Morgan fingerprint density at radius 3 is 2.55 bits per heavy atom. The smallest absolute Gasteiger partial charge is 0.335 e. The maximum atomic E-state index is 12.9. The number of benzene rings is 1. The minimum Gasteiger partial charge on any atom is -0.478 e. The van der Waals surface area contributed by atoms with Gasteiger partial charge in [-0.15, -0.1) is 0 Å². The maximum Gasteiger partial charge on any atom is 0.335 e. The molecule has 2 heterocycles. The van der Waals surface area contributed by atoms with Crippen LogP contribution < -0.4 is 5.56 Å². The number of fused-ring (bicyclic) bond motifs is 1. The average molecular weight is 394 g/mol. The van der Waals surface area contributed by atoms with Gasteiger partial charge in [0.15, 0.2) is 0 Å². The van der Waals surface area contributed by atoms with Gasteiger partial charge in [0, 0.05) is 18.8 Å². The Morgan fingerprint density at radius 1 is 1.07 bits per heavy atom. The van der Waals surface area contributed by atoms with E-state index < -0.39 is 5.97 Å². The molecule has 1 aliphatic carbocycles. The lowest BCUT2D eigenvalue weighted by molar-refractivity contribution is 0.0688. The Morgan fingerprint density at radius 2 is 1.79 bits per heavy atom. The molecule has 1 aromatic carbocycles. The summed E-state index contributed by atoms with van der Waals surface area (Å²) in [6, 6.07) is 8.91. The highest BCUT2D eigenvalue weighted by Crippen LogP contribution is 2.25. The normalized spacial score (nSPS) is 17.0. The number of likely N-dealkylation sites (tertiary alicyclic amines) is 1. The van der Waals surface area contributed by atoms with Crippen molar-refractivity contribution >= 4 is 11.9 Å². The number of aromatic nitrogens is 1. The van der Waals surface area contributed by atoms with E-state index in [4.69, 9.17) is 0 Å². The van der Waals surface area contributed by atoms with E-state index in [9.17, 15) is 19.5 Å². The van der Waals surface area contributed by atoms with Gasteiger partial charge in [-0.3, -0.25) is 9.59 Å². The predicted molar refractivity (Wildman–Crippen MR) is 109 cm³/mol. The molecule has 1 aromatic heterocycles. The van der Waals surface area contributed by atoms with Gasteiger partial charge in [-0.05, 0) is 74.1 Å². The summed E-state index contributed by atoms with van der Waals surface area (Å²) in [4.78, 5) is 41.5. The molecule has 0 spiro atoms. The number of amides is 1. The van der Waals surface area contributed by atoms with Gasteiger partial charge in [0.05, 0.1) is 5.56 Å². The van der Waals surface area contributed by atoms with Crippen LogP contribution in [0.2, 0.25) is 0 Å². The van der Waals surface area contributed by atoms with Crippen LogP contribution in [0.5, 0.6) is 0 Å². The zero-order valence-corrected chi connectivity index (χ0v) is 16.4. The number of carboxylic acids is 1. The van der Waals surface area contributed by atoms with E-state index in [0.717, 1.165) is 55.3 Å². The summed E-state index contributed by atoms with van der Waals surface area (Å²) >= 11 is 0. The molecule has 1 fully saturated rings. The van der Waals surface area contributed by atoms with E-state index in [1.54, 1.807) is 23.1 Å². The van der Waals surface area contributed by atoms with Crippen molar-refractivity contribution in [3.8, 4) is 0 Å². The largest absolute Gasteiger partial charge is 0.478 e. The fourth-order valence-electron chi connectivity index (χ4n) is 4.56. The molecular weight excluding hydrogens is 368 g/mol. The lowest BCUT2D eigenvalue weighted by atomic mass is 9.88. The molecule has 0 unspecified atom stereocenters. The van der Waals surface area contributed by atoms with E-state index >= 15 is 0 Å². The summed E-state index contributed by atoms with van der Waals surface area (Å²) in [5.74, 6) is -0.759. The third-order valence-corrected chi connectivity index (χ3v) is 6.23. The average Bonchev–Trinajstić information content (AvgIpc) is 2.73. The second kappa shape index (κ2) is 8.23. The Bertz CT molecular complexity index is 987. The number of carbonyl (C=O) groups is 2. The van der Waals surface area contributed by atoms with Crippen LogP contribution in [-0.2, 0) is 19.3 Å². The number of carboxylic acid groups (broad SMARTS) is 1. The van der Waals surface area contributed by atoms with Crippen LogP contribution in [-0.4, -0.2) is 40.0 Å². The molecule has 0 saturated carbocycles. The quantitative estimate of drug-likeness (QED) is 0.834. The van der Waals surface area contributed by atoms with Crippen LogP contribution in [0.1, 0.15) is 63.2 Å². The monoisotopic (exact) mass is 394 g/mol. The van der Waals surface area contributed by atoms with Gasteiger partial charge in [-0.1, -0.05) is 18.2 Å². The molecule has 4 rings (SSSR count). The topological polar surface area (TPSA) is 90.5 Å². The van der Waals surface area contributed by atoms with Gasteiger partial charge in [0.25, 0.3) is 11.5 Å². The molecule has 6 nitrogen and oxygen atoms in total. The molecule has 2 aromatic rings. The highest BCUT2D eigenvalue weighted by atomic mass is 16.4. The van der Waals surface area contributed by atoms with Crippen LogP contribution in [0.4, 0.5) is 0 Å². The van der Waals surface area contributed by atoms with Gasteiger partial charge in [-0.25, -0.2) is 4.79 Å². The molecule has 1 saturated heterocycles. The van der Waals surface area contributed by atoms with Crippen molar-refractivity contribution in [1.29, 1.82) is 0 Å². The van der Waals surface area contributed by atoms with E-state index in [1.807, 2.05) is 12.1 Å². The first-order chi connectivity index (χ1) is 14.0. The highest BCUT2D eigenvalue weighted by molar-refractivity contribution is 5.94. The van der Waals surface area contributed by atoms with E-state index in [2.05, 4.69) is 4.98 Å². The summed E-state index contributed by atoms with van der Waals surface area (Å²) in [6.07, 6.45) is 6.28. The zero-order chi connectivity index (χ0) is 20.4. The van der Waals surface area contributed by atoms with Gasteiger partial charge in [0.1, 0.15) is 5.56 Å². The maximum absolute atomic E-state index is 12.9. The summed E-state index contributed by atoms with van der Waals surface area (Å²) in [5.41, 5.74) is 3.24. The highest BCUT2D eigenvalue weighted by Gasteiger charge is 2.27. The lowest BCUT2D eigenvalue weighted by Crippen LogP contribution is -2.41. The van der Waals surface area contributed by atoms with Crippen molar-refractivity contribution in [2.45, 2.75) is 44.9 Å². The number of aryl methyl sites for hydroxylation is 2. The molecule has 0 bridgehead atoms. The van der Waals surface area contributed by atoms with Gasteiger partial charge >= 0.3 is 5.97 Å². The fourth-order valence-corrected chi connectivity index (χ4v) is 4.56. The minimum absolute atomic E-state index is 0.191. The number of pyridine rings is 1. The standard InChI is InChI=1S/C23H26N2O4/c26-21-19(14-17-6-2-4-8-20(17)24-21)22(27)25-11-9-15(10-12-25)13-16-5-1-3-7-18(16)23(28)29/h1,3,5,7,14-15H,2,4,6,8-13H2,(H,24,26)(H,28,29). The van der Waals surface area contributed by atoms with Crippen molar-refractivity contribution in [3.63, 3.8) is 0 Å². The van der Waals surface area contributed by atoms with Crippen molar-refractivity contribution in [1.82, 2.24) is 9.88 Å². The van der Waals surface area contributed by atoms with Gasteiger partial charge in [0.2, 0.25) is 0 Å². The Hall–Kier alpha value is -2.89. The van der Waals surface area contributed by atoms with Crippen LogP contribution >= 0.6 is 0 Å². The first-order valence-electron chi connectivity index (χ1n) is 10.4. The second-order valence-corrected chi connectivity index (χ2v) is 8.13. The van der Waals surface area contributed by atoms with Crippen molar-refractivity contribution in [2.75, 3.05) is 13.1 Å². The number of hydrogen-bond donors (Lipinski definition) is 2. The molecule has 0 atom stereocenters. The molecular formula is C23H26N2O4. The third kappa shape index (κ3) is 4.11. The summed E-state index contributed by atoms with van der Waals surface area (Å²) in [7, 11) is 0. The lowest BCUT2D eigenvalue weighted by Gasteiger charge is -2.32. The van der Waals surface area contributed by atoms with E-state index in [0.29, 0.717) is 31.0 Å². The molecule has 2 N–H and O–H groups in total. The second-order valence-electron chi connectivity index (χ2n) is 8.13. The van der Waals surface area contributed by atoms with Crippen LogP contribution in [0.25, 0.3) is 0 Å². The molecule has 1 aliphatic heterocycles. The number of rotatable bonds is 4. The first kappa shape index (κ1) is 19.4. The summed E-state index contributed by atoms with van der Waals surface area (Å²) in [6.45, 7) is 1.19. The molecule has 6 heteroatoms. The number of H-pyrrole nitrogens is 1. The number of aromatic carboxylic acids is 1. The number of hydrogen-bond acceptors (Lipinski definition) is 3. The molecule has 29 heavy (non-hydrogen) atoms. The fraction of sp³-hybridized carbons (Fsp3) is 0.435. The van der Waals surface area contributed by atoms with Crippen LogP contribution in [0.3, 0.4) is 0 Å². The SMILES string of the molecule is O=C(O)c1ccccc1CC1CCN(C(=O)c2cc3c([nH]c2=O)CCCC3)CC1. The van der Waals surface area contributed by atoms with Crippen LogP contribution in [0, 0.1) is 5.92 Å².